The first-order chi connectivity index (χ1) is 16.3. The van der Waals surface area contributed by atoms with Crippen molar-refractivity contribution in [1.29, 1.82) is 0 Å². The van der Waals surface area contributed by atoms with Crippen LogP contribution in [-0.4, -0.2) is 61.8 Å². The molecule has 1 fully saturated rings. The normalized spacial score (nSPS) is 15.7. The Balaban J connectivity index is 1.29. The average molecular weight is 505 g/mol. The lowest BCUT2D eigenvalue weighted by Gasteiger charge is -2.10. The molecule has 0 bridgehead atoms. The van der Waals surface area contributed by atoms with E-state index in [1.165, 1.54) is 29.8 Å². The van der Waals surface area contributed by atoms with Crippen LogP contribution < -0.4 is 15.4 Å². The van der Waals surface area contributed by atoms with Gasteiger partial charge < -0.3 is 20.1 Å². The third-order valence-corrected chi connectivity index (χ3v) is 6.86. The van der Waals surface area contributed by atoms with Gasteiger partial charge in [-0.25, -0.2) is 13.4 Å². The maximum atomic E-state index is 12.2. The molecule has 0 aliphatic carbocycles. The van der Waals surface area contributed by atoms with E-state index < -0.39 is 21.8 Å². The predicted molar refractivity (Wildman–Crippen MR) is 128 cm³/mol. The molecule has 0 saturated carbocycles. The Kier molecular flexibility index (Phi) is 7.29. The molecule has 3 aromatic rings. The van der Waals surface area contributed by atoms with E-state index in [1.54, 1.807) is 0 Å². The highest BCUT2D eigenvalue weighted by atomic mass is 32.2. The number of carbonyl (C=O) groups excluding carboxylic acids is 2. The predicted octanol–water partition coefficient (Wildman–Crippen LogP) is 2.20. The zero-order chi connectivity index (χ0) is 24.1. The minimum Gasteiger partial charge on any atom is -0.493 e. The molecule has 1 aromatic carbocycles. The van der Waals surface area contributed by atoms with Crippen LogP contribution in [0.15, 0.2) is 48.1 Å². The standard InChI is InChI=1S/C22H24N4O6S2/c1-34(29,30)26-7-5-17(11-26)21(28)23-10-20(27)25-22-24-19(14-33-22)16-3-2-4-18(9-16)32-13-15-6-8-31-12-15/h2-5,7,9,11,14-15H,6,8,10,12-13H2,1H3,(H,23,28)(H,24,25,27). The summed E-state index contributed by atoms with van der Waals surface area (Å²) in [5.74, 6) is 0.145. The number of aromatic nitrogens is 2. The number of hydrogen-bond donors (Lipinski definition) is 2. The smallest absolute Gasteiger partial charge is 0.253 e. The van der Waals surface area contributed by atoms with Crippen LogP contribution in [0.3, 0.4) is 0 Å². The molecular formula is C22H24N4O6S2. The van der Waals surface area contributed by atoms with Gasteiger partial charge in [-0.15, -0.1) is 11.3 Å². The molecule has 1 saturated heterocycles. The van der Waals surface area contributed by atoms with Gasteiger partial charge in [-0.1, -0.05) is 12.1 Å². The highest BCUT2D eigenvalue weighted by Crippen LogP contribution is 2.28. The van der Waals surface area contributed by atoms with Gasteiger partial charge in [0, 0.05) is 35.9 Å². The van der Waals surface area contributed by atoms with E-state index in [9.17, 15) is 18.0 Å². The van der Waals surface area contributed by atoms with Gasteiger partial charge in [0.25, 0.3) is 5.91 Å². The molecule has 3 heterocycles. The number of anilines is 1. The van der Waals surface area contributed by atoms with Gasteiger partial charge in [-0.05, 0) is 24.6 Å². The summed E-state index contributed by atoms with van der Waals surface area (Å²) in [5.41, 5.74) is 1.69. The summed E-state index contributed by atoms with van der Waals surface area (Å²) in [6.07, 6.45) is 4.49. The number of thiazole rings is 1. The number of amides is 2. The number of carbonyl (C=O) groups is 2. The third kappa shape index (κ3) is 6.22. The van der Waals surface area contributed by atoms with E-state index in [-0.39, 0.29) is 12.1 Å². The quantitative estimate of drug-likeness (QED) is 0.457. The van der Waals surface area contributed by atoms with Crippen LogP contribution >= 0.6 is 11.3 Å². The van der Waals surface area contributed by atoms with Crippen molar-refractivity contribution >= 4 is 38.3 Å². The summed E-state index contributed by atoms with van der Waals surface area (Å²) in [7, 11) is -3.48. The fourth-order valence-corrected chi connectivity index (χ4v) is 4.60. The largest absolute Gasteiger partial charge is 0.493 e. The highest BCUT2D eigenvalue weighted by Gasteiger charge is 2.17. The molecule has 0 spiro atoms. The van der Waals surface area contributed by atoms with Crippen LogP contribution in [0.1, 0.15) is 16.8 Å². The summed E-state index contributed by atoms with van der Waals surface area (Å²) in [6, 6.07) is 8.95. The Morgan fingerprint density at radius 2 is 2.18 bits per heavy atom. The molecule has 2 aromatic heterocycles. The molecule has 12 heteroatoms. The number of ether oxygens (including phenoxy) is 2. The Bertz CT molecular complexity index is 1280. The van der Waals surface area contributed by atoms with Gasteiger partial charge in [-0.3, -0.25) is 13.6 Å². The number of nitrogens with zero attached hydrogens (tertiary/aromatic N) is 2. The number of benzene rings is 1. The van der Waals surface area contributed by atoms with E-state index in [0.29, 0.717) is 23.4 Å². The first kappa shape index (κ1) is 23.9. The fraction of sp³-hybridized carbons (Fsp3) is 0.318. The van der Waals surface area contributed by atoms with Gasteiger partial charge in [0.05, 0.1) is 37.3 Å². The topological polar surface area (TPSA) is 129 Å². The second-order valence-corrected chi connectivity index (χ2v) is 10.6. The van der Waals surface area contributed by atoms with Gasteiger partial charge in [0.15, 0.2) is 5.13 Å². The van der Waals surface area contributed by atoms with E-state index in [1.807, 2.05) is 29.6 Å². The lowest BCUT2D eigenvalue weighted by molar-refractivity contribution is -0.115. The Morgan fingerprint density at radius 1 is 1.32 bits per heavy atom. The van der Waals surface area contributed by atoms with Crippen LogP contribution in [0.5, 0.6) is 5.75 Å². The second kappa shape index (κ2) is 10.4. The van der Waals surface area contributed by atoms with Crippen LogP contribution in [0.4, 0.5) is 5.13 Å². The lowest BCUT2D eigenvalue weighted by atomic mass is 10.1. The molecular weight excluding hydrogens is 480 g/mol. The van der Waals surface area contributed by atoms with Gasteiger partial charge in [0.2, 0.25) is 15.9 Å². The van der Waals surface area contributed by atoms with Crippen LogP contribution in [-0.2, 0) is 19.6 Å². The van der Waals surface area contributed by atoms with Crippen molar-refractivity contribution in [3.63, 3.8) is 0 Å². The zero-order valence-corrected chi connectivity index (χ0v) is 20.0. The molecule has 0 radical (unpaired) electrons. The minimum atomic E-state index is -3.48. The summed E-state index contributed by atoms with van der Waals surface area (Å²) < 4.78 is 35.2. The minimum absolute atomic E-state index is 0.136. The second-order valence-electron chi connectivity index (χ2n) is 7.83. The zero-order valence-electron chi connectivity index (χ0n) is 18.4. The van der Waals surface area contributed by atoms with E-state index in [0.717, 1.165) is 41.2 Å². The van der Waals surface area contributed by atoms with Crippen molar-refractivity contribution in [3.8, 4) is 17.0 Å². The van der Waals surface area contributed by atoms with Crippen LogP contribution in [0, 0.1) is 5.92 Å². The summed E-state index contributed by atoms with van der Waals surface area (Å²) in [6.45, 7) is 1.82. The first-order valence-corrected chi connectivity index (χ1v) is 13.2. The van der Waals surface area contributed by atoms with Crippen LogP contribution in [0.25, 0.3) is 11.3 Å². The van der Waals surface area contributed by atoms with Crippen LogP contribution in [0.2, 0.25) is 0 Å². The van der Waals surface area contributed by atoms with Crippen molar-refractivity contribution in [3.05, 3.63) is 53.7 Å². The Morgan fingerprint density at radius 3 is 2.91 bits per heavy atom. The van der Waals surface area contributed by atoms with E-state index in [2.05, 4.69) is 15.6 Å². The Labute approximate surface area is 201 Å². The molecule has 2 amide bonds. The van der Waals surface area contributed by atoms with Gasteiger partial charge in [-0.2, -0.15) is 0 Å². The fourth-order valence-electron chi connectivity index (χ4n) is 3.28. The molecule has 180 valence electrons. The van der Waals surface area contributed by atoms with Gasteiger partial charge in [0.1, 0.15) is 5.75 Å². The number of nitrogens with one attached hydrogen (secondary N) is 2. The molecule has 2 N–H and O–H groups in total. The molecule has 1 aliphatic rings. The van der Waals surface area contributed by atoms with Crippen molar-refractivity contribution in [2.75, 3.05) is 37.9 Å². The third-order valence-electron chi connectivity index (χ3n) is 5.11. The average Bonchev–Trinajstić information content (AvgIpc) is 3.58. The van der Waals surface area contributed by atoms with Crippen molar-refractivity contribution in [2.45, 2.75) is 6.42 Å². The van der Waals surface area contributed by atoms with E-state index in [4.69, 9.17) is 9.47 Å². The molecule has 34 heavy (non-hydrogen) atoms. The number of hydrogen-bond acceptors (Lipinski definition) is 8. The summed E-state index contributed by atoms with van der Waals surface area (Å²) in [4.78, 5) is 28.8. The van der Waals surface area contributed by atoms with Crippen molar-refractivity contribution < 1.29 is 27.5 Å². The Hall–Kier alpha value is -3.22. The number of rotatable bonds is 9. The first-order valence-electron chi connectivity index (χ1n) is 10.5. The molecule has 1 aliphatic heterocycles. The lowest BCUT2D eigenvalue weighted by Crippen LogP contribution is -2.32. The highest BCUT2D eigenvalue weighted by molar-refractivity contribution is 7.89. The summed E-state index contributed by atoms with van der Waals surface area (Å²) in [5, 5.41) is 7.33. The van der Waals surface area contributed by atoms with Gasteiger partial charge >= 0.3 is 0 Å². The molecule has 1 unspecified atom stereocenters. The van der Waals surface area contributed by atoms with Crippen molar-refractivity contribution in [1.82, 2.24) is 14.3 Å². The molecule has 4 rings (SSSR count). The maximum Gasteiger partial charge on any atom is 0.253 e. The SMILES string of the molecule is CS(=O)(=O)n1ccc(C(=O)NCC(=O)Nc2nc(-c3cccc(OCC4CCOC4)c3)cs2)c1. The molecule has 10 nitrogen and oxygen atoms in total. The molecule has 1 atom stereocenters. The maximum absolute atomic E-state index is 12.2. The monoisotopic (exact) mass is 504 g/mol. The van der Waals surface area contributed by atoms with E-state index >= 15 is 0 Å². The van der Waals surface area contributed by atoms with Crippen molar-refractivity contribution in [2.24, 2.45) is 5.92 Å². The summed E-state index contributed by atoms with van der Waals surface area (Å²) >= 11 is 1.27.